The molecular formula is C11H27N3. The van der Waals surface area contributed by atoms with Crippen molar-refractivity contribution in [2.24, 2.45) is 0 Å². The Morgan fingerprint density at radius 2 is 1.00 bits per heavy atom. The summed E-state index contributed by atoms with van der Waals surface area (Å²) in [4.78, 5) is 0. The summed E-state index contributed by atoms with van der Waals surface area (Å²) in [5, 5.41) is 7.16. The molecule has 86 valence electrons. The van der Waals surface area contributed by atoms with Gasteiger partial charge in [-0.3, -0.25) is 0 Å². The second-order valence-electron chi connectivity index (χ2n) is 3.69. The molecule has 0 aliphatic carbocycles. The first-order valence-corrected chi connectivity index (χ1v) is 5.91. The highest BCUT2D eigenvalue weighted by Crippen LogP contribution is 2.08. The molecule has 0 aromatic carbocycles. The summed E-state index contributed by atoms with van der Waals surface area (Å²) in [6.07, 6.45) is 0. The van der Waals surface area contributed by atoms with Gasteiger partial charge >= 0.3 is 0 Å². The van der Waals surface area contributed by atoms with Crippen LogP contribution in [0.5, 0.6) is 0 Å². The molecule has 0 rings (SSSR count). The van der Waals surface area contributed by atoms with E-state index in [1.165, 1.54) is 0 Å². The van der Waals surface area contributed by atoms with Crippen molar-refractivity contribution in [1.29, 1.82) is 0 Å². The van der Waals surface area contributed by atoms with E-state index in [-0.39, 0.29) is 0 Å². The Morgan fingerprint density at radius 3 is 1.14 bits per heavy atom. The van der Waals surface area contributed by atoms with E-state index in [9.17, 15) is 0 Å². The largest absolute Gasteiger partial charge is 0.228 e. The lowest BCUT2D eigenvalue weighted by atomic mass is 10.4. The van der Waals surface area contributed by atoms with E-state index in [0.717, 1.165) is 26.2 Å². The van der Waals surface area contributed by atoms with Gasteiger partial charge in [-0.1, -0.05) is 27.7 Å². The molecule has 0 amide bonds. The number of hydrogen-bond donors (Lipinski definition) is 0. The zero-order valence-corrected chi connectivity index (χ0v) is 10.7. The van der Waals surface area contributed by atoms with E-state index < -0.39 is 0 Å². The summed E-state index contributed by atoms with van der Waals surface area (Å²) >= 11 is 0. The molecule has 0 unspecified atom stereocenters. The Balaban J connectivity index is 4.54. The maximum absolute atomic E-state index is 2.39. The minimum absolute atomic E-state index is 0.537. The van der Waals surface area contributed by atoms with Crippen molar-refractivity contribution in [2.45, 2.75) is 47.6 Å². The maximum Gasteiger partial charge on any atom is 0.0348 e. The molecule has 0 aliphatic rings. The van der Waals surface area contributed by atoms with E-state index in [1.807, 2.05) is 0 Å². The molecule has 0 heterocycles. The maximum atomic E-state index is 2.39. The van der Waals surface area contributed by atoms with E-state index in [0.29, 0.717) is 6.04 Å². The predicted octanol–water partition coefficient (Wildman–Crippen LogP) is 2.21. The Hall–Kier alpha value is -0.120. The van der Waals surface area contributed by atoms with Gasteiger partial charge in [0.05, 0.1) is 0 Å². The minimum atomic E-state index is 0.537. The fourth-order valence-electron chi connectivity index (χ4n) is 1.86. The molecule has 0 aromatic rings. The van der Waals surface area contributed by atoms with Crippen LogP contribution in [0.2, 0.25) is 0 Å². The number of rotatable bonds is 7. The van der Waals surface area contributed by atoms with Gasteiger partial charge in [0.1, 0.15) is 0 Å². The summed E-state index contributed by atoms with van der Waals surface area (Å²) in [7, 11) is 0. The van der Waals surface area contributed by atoms with Crippen LogP contribution in [0.25, 0.3) is 0 Å². The van der Waals surface area contributed by atoms with Crippen LogP contribution in [0.15, 0.2) is 0 Å². The smallest absolute Gasteiger partial charge is 0.0348 e. The third-order valence-corrected chi connectivity index (χ3v) is 2.50. The second kappa shape index (κ2) is 7.21. The van der Waals surface area contributed by atoms with E-state index in [4.69, 9.17) is 0 Å². The van der Waals surface area contributed by atoms with Crippen molar-refractivity contribution in [3.63, 3.8) is 0 Å². The number of hydrazine groups is 2. The molecule has 0 bridgehead atoms. The van der Waals surface area contributed by atoms with Crippen molar-refractivity contribution in [2.75, 3.05) is 26.2 Å². The van der Waals surface area contributed by atoms with Crippen LogP contribution in [0.3, 0.4) is 0 Å². The Kier molecular flexibility index (Phi) is 7.15. The summed E-state index contributed by atoms with van der Waals surface area (Å²) in [5.74, 6) is 0. The minimum Gasteiger partial charge on any atom is -0.228 e. The predicted molar refractivity (Wildman–Crippen MR) is 62.8 cm³/mol. The van der Waals surface area contributed by atoms with Gasteiger partial charge in [0, 0.05) is 32.2 Å². The summed E-state index contributed by atoms with van der Waals surface area (Å²) < 4.78 is 0. The van der Waals surface area contributed by atoms with Crippen LogP contribution < -0.4 is 0 Å². The third-order valence-electron chi connectivity index (χ3n) is 2.50. The highest BCUT2D eigenvalue weighted by atomic mass is 15.9. The van der Waals surface area contributed by atoms with Crippen LogP contribution in [0, 0.1) is 0 Å². The highest BCUT2D eigenvalue weighted by molar-refractivity contribution is 4.59. The van der Waals surface area contributed by atoms with Crippen molar-refractivity contribution >= 4 is 0 Å². The molecule has 0 saturated heterocycles. The molecular weight excluding hydrogens is 174 g/mol. The van der Waals surface area contributed by atoms with Crippen molar-refractivity contribution in [3.05, 3.63) is 0 Å². The van der Waals surface area contributed by atoms with Gasteiger partial charge in [-0.2, -0.15) is 5.12 Å². The lowest BCUT2D eigenvalue weighted by molar-refractivity contribution is -0.198. The average Bonchev–Trinajstić information content (AvgIpc) is 2.18. The molecule has 0 atom stereocenters. The first-order valence-electron chi connectivity index (χ1n) is 5.91. The van der Waals surface area contributed by atoms with Gasteiger partial charge in [0.25, 0.3) is 0 Å². The molecule has 0 fully saturated rings. The molecule has 0 aromatic heterocycles. The zero-order valence-electron chi connectivity index (χ0n) is 10.7. The summed E-state index contributed by atoms with van der Waals surface area (Å²) in [6, 6.07) is 0.537. The normalized spacial score (nSPS) is 12.4. The van der Waals surface area contributed by atoms with Gasteiger partial charge in [-0.15, -0.1) is 0 Å². The van der Waals surface area contributed by atoms with Crippen LogP contribution >= 0.6 is 0 Å². The summed E-state index contributed by atoms with van der Waals surface area (Å²) in [6.45, 7) is 17.6. The zero-order chi connectivity index (χ0) is 11.1. The fraction of sp³-hybridized carbons (Fsp3) is 1.00. The van der Waals surface area contributed by atoms with Crippen LogP contribution in [0.1, 0.15) is 41.5 Å². The second-order valence-corrected chi connectivity index (χ2v) is 3.69. The molecule has 3 heteroatoms. The van der Waals surface area contributed by atoms with Crippen molar-refractivity contribution < 1.29 is 0 Å². The van der Waals surface area contributed by atoms with E-state index >= 15 is 0 Å². The van der Waals surface area contributed by atoms with Crippen LogP contribution in [-0.4, -0.2) is 47.4 Å². The fourth-order valence-corrected chi connectivity index (χ4v) is 1.86. The molecule has 14 heavy (non-hydrogen) atoms. The Labute approximate surface area is 89.6 Å². The lowest BCUT2D eigenvalue weighted by Crippen LogP contribution is -2.56. The third kappa shape index (κ3) is 3.56. The molecule has 3 nitrogen and oxygen atoms in total. The SMILES string of the molecule is CCN(CC)N(C(C)C)N(CC)CC. The van der Waals surface area contributed by atoms with Gasteiger partial charge in [0.2, 0.25) is 0 Å². The monoisotopic (exact) mass is 201 g/mol. The van der Waals surface area contributed by atoms with E-state index in [2.05, 4.69) is 56.7 Å². The lowest BCUT2D eigenvalue weighted by Gasteiger charge is -2.43. The van der Waals surface area contributed by atoms with E-state index in [1.54, 1.807) is 0 Å². The quantitative estimate of drug-likeness (QED) is 0.585. The molecule has 0 spiro atoms. The topological polar surface area (TPSA) is 9.72 Å². The molecule has 0 saturated carbocycles. The van der Waals surface area contributed by atoms with Crippen LogP contribution in [-0.2, 0) is 0 Å². The van der Waals surface area contributed by atoms with Gasteiger partial charge in [0.15, 0.2) is 0 Å². The number of hydrogen-bond acceptors (Lipinski definition) is 3. The standard InChI is InChI=1S/C11H27N3/c1-7-12(8-2)14(11(5)6)13(9-3)10-4/h11H,7-10H2,1-6H3. The summed E-state index contributed by atoms with van der Waals surface area (Å²) in [5.41, 5.74) is 0. The molecule has 0 N–H and O–H groups in total. The average molecular weight is 201 g/mol. The molecule has 0 radical (unpaired) electrons. The Morgan fingerprint density at radius 1 is 0.714 bits per heavy atom. The number of nitrogens with zero attached hydrogens (tertiary/aromatic N) is 3. The van der Waals surface area contributed by atoms with Crippen molar-refractivity contribution in [3.8, 4) is 0 Å². The van der Waals surface area contributed by atoms with Crippen LogP contribution in [0.4, 0.5) is 0 Å². The molecule has 0 aliphatic heterocycles. The Bertz CT molecular complexity index is 116. The first-order chi connectivity index (χ1) is 6.62. The van der Waals surface area contributed by atoms with Gasteiger partial charge in [-0.25, -0.2) is 10.0 Å². The van der Waals surface area contributed by atoms with Crippen molar-refractivity contribution in [1.82, 2.24) is 15.1 Å². The first kappa shape index (κ1) is 13.9. The van der Waals surface area contributed by atoms with Gasteiger partial charge in [-0.05, 0) is 13.8 Å². The van der Waals surface area contributed by atoms with Gasteiger partial charge < -0.3 is 0 Å². The highest BCUT2D eigenvalue weighted by Gasteiger charge is 2.20.